The van der Waals surface area contributed by atoms with Crippen molar-refractivity contribution in [3.63, 3.8) is 0 Å². The lowest BCUT2D eigenvalue weighted by atomic mass is 9.82. The number of anilines is 1. The number of nitrogens with zero attached hydrogens (tertiary/aromatic N) is 5. The van der Waals surface area contributed by atoms with Gasteiger partial charge >= 0.3 is 12.4 Å². The van der Waals surface area contributed by atoms with Crippen molar-refractivity contribution in [3.8, 4) is 17.0 Å². The number of carbonyl (C=O) groups excluding carboxylic acids is 1. The minimum absolute atomic E-state index is 0.149. The summed E-state index contributed by atoms with van der Waals surface area (Å²) in [4.78, 5) is 22.8. The standard InChI is InChI=1S/C24H26F3N7O2/c1-22(2,16-3-7-29-8-4-16)31-21(35)33-9-5-23(14-33)6-10-34-19(23)12-17(32-34)15-11-18(20(28)30-13-15)36-24(25,26)27/h3-4,7-8,11-13H,5-6,9-10,14H2,1-2H3,(H2,28,30)(H,31,35)/t23-/m1/s1. The maximum atomic E-state index is 13.1. The number of alkyl halides is 3. The molecule has 5 rings (SSSR count). The van der Waals surface area contributed by atoms with Crippen LogP contribution in [0, 0.1) is 0 Å². The van der Waals surface area contributed by atoms with Gasteiger partial charge in [0, 0.05) is 54.9 Å². The molecule has 3 aromatic heterocycles. The van der Waals surface area contributed by atoms with E-state index in [1.807, 2.05) is 41.6 Å². The van der Waals surface area contributed by atoms with E-state index in [9.17, 15) is 18.0 Å². The molecule has 0 radical (unpaired) electrons. The van der Waals surface area contributed by atoms with Crippen LogP contribution in [0.4, 0.5) is 23.8 Å². The Labute approximate surface area is 205 Å². The van der Waals surface area contributed by atoms with Gasteiger partial charge in [-0.15, -0.1) is 13.2 Å². The normalized spacial score (nSPS) is 19.5. The highest BCUT2D eigenvalue weighted by Crippen LogP contribution is 2.44. The maximum absolute atomic E-state index is 13.1. The summed E-state index contributed by atoms with van der Waals surface area (Å²) in [6, 6.07) is 6.65. The van der Waals surface area contributed by atoms with Gasteiger partial charge in [0.15, 0.2) is 11.6 Å². The second-order valence-corrected chi connectivity index (χ2v) is 9.79. The minimum atomic E-state index is -4.88. The second-order valence-electron chi connectivity index (χ2n) is 9.79. The molecule has 190 valence electrons. The van der Waals surface area contributed by atoms with E-state index in [-0.39, 0.29) is 17.3 Å². The van der Waals surface area contributed by atoms with Crippen molar-refractivity contribution in [2.45, 2.75) is 50.6 Å². The van der Waals surface area contributed by atoms with E-state index >= 15 is 0 Å². The molecule has 12 heteroatoms. The van der Waals surface area contributed by atoms with Crippen molar-refractivity contribution < 1.29 is 22.7 Å². The lowest BCUT2D eigenvalue weighted by Gasteiger charge is -2.30. The lowest BCUT2D eigenvalue weighted by Crippen LogP contribution is -2.48. The second kappa shape index (κ2) is 8.38. The number of fused-ring (bicyclic) bond motifs is 2. The molecular weight excluding hydrogens is 475 g/mol. The first-order valence-electron chi connectivity index (χ1n) is 11.5. The van der Waals surface area contributed by atoms with E-state index in [1.54, 1.807) is 12.4 Å². The average molecular weight is 502 g/mol. The Hall–Kier alpha value is -3.83. The number of aryl methyl sites for hydroxylation is 1. The Morgan fingerprint density at radius 2 is 1.89 bits per heavy atom. The van der Waals surface area contributed by atoms with Crippen LogP contribution in [0.2, 0.25) is 0 Å². The molecule has 1 atom stereocenters. The summed E-state index contributed by atoms with van der Waals surface area (Å²) in [5.41, 5.74) is 7.47. The summed E-state index contributed by atoms with van der Waals surface area (Å²) in [5, 5.41) is 7.71. The Balaban J connectivity index is 1.34. The molecule has 0 bridgehead atoms. The maximum Gasteiger partial charge on any atom is 0.573 e. The number of nitrogens with one attached hydrogen (secondary N) is 1. The van der Waals surface area contributed by atoms with Crippen LogP contribution >= 0.6 is 0 Å². The van der Waals surface area contributed by atoms with Crippen molar-refractivity contribution in [2.24, 2.45) is 0 Å². The van der Waals surface area contributed by atoms with Crippen LogP contribution in [0.3, 0.4) is 0 Å². The van der Waals surface area contributed by atoms with Crippen LogP contribution in [0.1, 0.15) is 37.9 Å². The molecule has 2 aliphatic rings. The molecule has 2 amide bonds. The first-order valence-corrected chi connectivity index (χ1v) is 11.5. The monoisotopic (exact) mass is 501 g/mol. The summed E-state index contributed by atoms with van der Waals surface area (Å²) < 4.78 is 44.0. The first kappa shape index (κ1) is 23.9. The Bertz CT molecular complexity index is 1290. The molecule has 1 fully saturated rings. The van der Waals surface area contributed by atoms with E-state index in [0.29, 0.717) is 30.9 Å². The summed E-state index contributed by atoms with van der Waals surface area (Å²) >= 11 is 0. The molecule has 2 aliphatic heterocycles. The number of urea groups is 1. The Morgan fingerprint density at radius 3 is 2.61 bits per heavy atom. The van der Waals surface area contributed by atoms with Gasteiger partial charge in [-0.05, 0) is 56.5 Å². The average Bonchev–Trinajstić information content (AvgIpc) is 3.52. The number of hydrogen-bond acceptors (Lipinski definition) is 6. The molecule has 36 heavy (non-hydrogen) atoms. The first-order chi connectivity index (χ1) is 17.0. The number of carbonyl (C=O) groups is 1. The predicted molar refractivity (Wildman–Crippen MR) is 125 cm³/mol. The fourth-order valence-electron chi connectivity index (χ4n) is 5.05. The third-order valence-electron chi connectivity index (χ3n) is 6.99. The number of amides is 2. The molecule has 1 saturated heterocycles. The number of nitrogen functional groups attached to an aromatic ring is 1. The van der Waals surface area contributed by atoms with E-state index in [0.717, 1.165) is 24.1 Å². The number of hydrogen-bond donors (Lipinski definition) is 2. The Morgan fingerprint density at radius 1 is 1.17 bits per heavy atom. The zero-order chi connectivity index (χ0) is 25.7. The molecule has 1 spiro atoms. The number of pyridine rings is 2. The van der Waals surface area contributed by atoms with Crippen LogP contribution in [0.15, 0.2) is 42.9 Å². The summed E-state index contributed by atoms with van der Waals surface area (Å²) in [6.07, 6.45) is 1.48. The Kier molecular flexibility index (Phi) is 5.56. The lowest BCUT2D eigenvalue weighted by molar-refractivity contribution is -0.274. The van der Waals surface area contributed by atoms with Gasteiger partial charge in [0.25, 0.3) is 0 Å². The quantitative estimate of drug-likeness (QED) is 0.563. The molecular formula is C24H26F3N7O2. The van der Waals surface area contributed by atoms with Crippen LogP contribution < -0.4 is 15.8 Å². The number of likely N-dealkylation sites (tertiary alicyclic amines) is 1. The molecule has 0 saturated carbocycles. The van der Waals surface area contributed by atoms with Gasteiger partial charge in [0.2, 0.25) is 0 Å². The fraction of sp³-hybridized carbons (Fsp3) is 0.417. The molecule has 0 aliphatic carbocycles. The number of ether oxygens (including phenoxy) is 1. The molecule has 9 nitrogen and oxygen atoms in total. The van der Waals surface area contributed by atoms with Gasteiger partial charge in [-0.25, -0.2) is 9.78 Å². The zero-order valence-corrected chi connectivity index (χ0v) is 19.8. The van der Waals surface area contributed by atoms with E-state index in [4.69, 9.17) is 5.73 Å². The highest BCUT2D eigenvalue weighted by atomic mass is 19.4. The number of rotatable bonds is 4. The van der Waals surface area contributed by atoms with Crippen molar-refractivity contribution in [1.82, 2.24) is 30.0 Å². The molecule has 3 N–H and O–H groups in total. The predicted octanol–water partition coefficient (Wildman–Crippen LogP) is 3.81. The number of halogens is 3. The topological polar surface area (TPSA) is 111 Å². The number of aromatic nitrogens is 4. The van der Waals surface area contributed by atoms with Gasteiger partial charge in [-0.2, -0.15) is 5.10 Å². The van der Waals surface area contributed by atoms with Crippen LogP contribution in [-0.4, -0.2) is 50.1 Å². The van der Waals surface area contributed by atoms with Crippen LogP contribution in [0.5, 0.6) is 5.75 Å². The van der Waals surface area contributed by atoms with Gasteiger partial charge in [-0.1, -0.05) is 0 Å². The van der Waals surface area contributed by atoms with E-state index in [2.05, 4.69) is 25.1 Å². The summed E-state index contributed by atoms with van der Waals surface area (Å²) in [7, 11) is 0. The smallest absolute Gasteiger partial charge is 0.402 e. The van der Waals surface area contributed by atoms with Gasteiger partial charge in [-0.3, -0.25) is 9.67 Å². The number of nitrogens with two attached hydrogens (primary N) is 1. The zero-order valence-electron chi connectivity index (χ0n) is 19.8. The van der Waals surface area contributed by atoms with Gasteiger partial charge < -0.3 is 20.7 Å². The highest BCUT2D eigenvalue weighted by molar-refractivity contribution is 5.76. The fourth-order valence-corrected chi connectivity index (χ4v) is 5.05. The van der Waals surface area contributed by atoms with E-state index < -0.39 is 17.7 Å². The third kappa shape index (κ3) is 4.42. The van der Waals surface area contributed by atoms with Crippen molar-refractivity contribution in [2.75, 3.05) is 18.8 Å². The molecule has 5 heterocycles. The summed E-state index contributed by atoms with van der Waals surface area (Å²) in [5.74, 6) is -0.921. The summed E-state index contributed by atoms with van der Waals surface area (Å²) in [6.45, 7) is 5.66. The van der Waals surface area contributed by atoms with Crippen molar-refractivity contribution >= 4 is 11.8 Å². The third-order valence-corrected chi connectivity index (χ3v) is 6.99. The van der Waals surface area contributed by atoms with Gasteiger partial charge in [0.1, 0.15) is 0 Å². The van der Waals surface area contributed by atoms with Crippen molar-refractivity contribution in [3.05, 3.63) is 54.1 Å². The minimum Gasteiger partial charge on any atom is -0.402 e. The van der Waals surface area contributed by atoms with Gasteiger partial charge in [0.05, 0.1) is 11.2 Å². The highest BCUT2D eigenvalue weighted by Gasteiger charge is 2.47. The SMILES string of the molecule is CC(C)(NC(=O)N1CC[C@@]2(CCn3nc(-c4cnc(N)c(OC(F)(F)F)c4)cc32)C1)c1ccncc1. The largest absolute Gasteiger partial charge is 0.573 e. The molecule has 0 unspecified atom stereocenters. The van der Waals surface area contributed by atoms with E-state index in [1.165, 1.54) is 12.3 Å². The molecule has 0 aromatic carbocycles. The van der Waals surface area contributed by atoms with Crippen molar-refractivity contribution in [1.29, 1.82) is 0 Å². The molecule has 3 aromatic rings. The van der Waals surface area contributed by atoms with Crippen LogP contribution in [0.25, 0.3) is 11.3 Å². The van der Waals surface area contributed by atoms with Crippen LogP contribution in [-0.2, 0) is 17.5 Å².